The van der Waals surface area contributed by atoms with Gasteiger partial charge in [0.05, 0.1) is 10.8 Å². The molecule has 2 atom stereocenters. The van der Waals surface area contributed by atoms with Crippen LogP contribution in [0.4, 0.5) is 0 Å². The molecule has 1 aliphatic carbocycles. The molecule has 30 heavy (non-hydrogen) atoms. The number of carbonyl (C=O) groups is 2. The van der Waals surface area contributed by atoms with Crippen molar-refractivity contribution in [2.45, 2.75) is 38.6 Å². The van der Waals surface area contributed by atoms with Crippen molar-refractivity contribution in [2.24, 2.45) is 5.92 Å². The molecular weight excluding hydrogens is 414 g/mol. The van der Waals surface area contributed by atoms with E-state index in [0.717, 1.165) is 24.0 Å². The zero-order chi connectivity index (χ0) is 21.3. The van der Waals surface area contributed by atoms with Crippen LogP contribution in [-0.4, -0.2) is 32.2 Å². The topological polar surface area (TPSA) is 57.6 Å². The zero-order valence-corrected chi connectivity index (χ0v) is 18.3. The van der Waals surface area contributed by atoms with E-state index in [1.807, 2.05) is 30.3 Å². The monoisotopic (exact) mass is 437 g/mol. The maximum Gasteiger partial charge on any atom is 0.306 e. The van der Waals surface area contributed by atoms with Crippen molar-refractivity contribution in [1.29, 1.82) is 0 Å². The average molecular weight is 438 g/mol. The van der Waals surface area contributed by atoms with E-state index >= 15 is 0 Å². The summed E-state index contributed by atoms with van der Waals surface area (Å²) in [7, 11) is 0. The first-order chi connectivity index (χ1) is 14.4. The maximum absolute atomic E-state index is 13.1. The smallest absolute Gasteiger partial charge is 0.306 e. The first-order valence-electron chi connectivity index (χ1n) is 10.1. The number of carboxylic acids is 1. The van der Waals surface area contributed by atoms with Gasteiger partial charge < -0.3 is 5.11 Å². The maximum atomic E-state index is 13.1. The molecule has 1 amide bonds. The standard InChI is InChI=1S/C24H23NO3S2/c1-15-6-2-3-11-20(15)17-8-4-7-16(12-17)13-21-22(26)25(24(29)30-21)19-10-5-9-18(14-19)23(27)28/h2-4,6-8,11-13,18-19H,5,9-10,14H2,1H3,(H,27,28)/b21-13+. The van der Waals surface area contributed by atoms with E-state index in [-0.39, 0.29) is 11.9 Å². The number of aliphatic carboxylic acids is 1. The van der Waals surface area contributed by atoms with E-state index in [1.54, 1.807) is 4.90 Å². The Morgan fingerprint density at radius 1 is 1.20 bits per heavy atom. The largest absolute Gasteiger partial charge is 0.481 e. The van der Waals surface area contributed by atoms with Gasteiger partial charge in [0.15, 0.2) is 0 Å². The molecule has 2 aliphatic rings. The van der Waals surface area contributed by atoms with E-state index < -0.39 is 11.9 Å². The Kier molecular flexibility index (Phi) is 6.06. The van der Waals surface area contributed by atoms with Gasteiger partial charge in [-0.3, -0.25) is 14.5 Å². The Bertz CT molecular complexity index is 1050. The quantitative estimate of drug-likeness (QED) is 0.505. The van der Waals surface area contributed by atoms with E-state index in [9.17, 15) is 14.7 Å². The van der Waals surface area contributed by atoms with Crippen LogP contribution in [-0.2, 0) is 9.59 Å². The predicted octanol–water partition coefficient (Wildman–Crippen LogP) is 5.51. The van der Waals surface area contributed by atoms with Gasteiger partial charge in [0.1, 0.15) is 4.32 Å². The third kappa shape index (κ3) is 4.20. The van der Waals surface area contributed by atoms with Crippen LogP contribution in [0.1, 0.15) is 36.8 Å². The number of thiocarbonyl (C=S) groups is 1. The van der Waals surface area contributed by atoms with Crippen LogP contribution in [0.2, 0.25) is 0 Å². The van der Waals surface area contributed by atoms with Crippen LogP contribution >= 0.6 is 24.0 Å². The Morgan fingerprint density at radius 2 is 2.00 bits per heavy atom. The summed E-state index contributed by atoms with van der Waals surface area (Å²) in [4.78, 5) is 26.8. The molecular formula is C24H23NO3S2. The molecule has 2 unspecified atom stereocenters. The second-order valence-electron chi connectivity index (χ2n) is 7.85. The molecule has 4 nitrogen and oxygen atoms in total. The van der Waals surface area contributed by atoms with E-state index in [2.05, 4.69) is 31.2 Å². The van der Waals surface area contributed by atoms with Crippen molar-refractivity contribution in [1.82, 2.24) is 4.90 Å². The fraction of sp³-hybridized carbons (Fsp3) is 0.292. The number of amides is 1. The molecule has 0 aromatic heterocycles. The summed E-state index contributed by atoms with van der Waals surface area (Å²) in [6.45, 7) is 2.09. The molecule has 1 aliphatic heterocycles. The van der Waals surface area contributed by atoms with Crippen molar-refractivity contribution in [3.8, 4) is 11.1 Å². The Labute approximate surface area is 186 Å². The lowest BCUT2D eigenvalue weighted by Gasteiger charge is -2.32. The third-order valence-corrected chi connectivity index (χ3v) is 7.16. The summed E-state index contributed by atoms with van der Waals surface area (Å²) in [6, 6.07) is 16.2. The van der Waals surface area contributed by atoms with Gasteiger partial charge in [-0.25, -0.2) is 0 Å². The predicted molar refractivity (Wildman–Crippen MR) is 125 cm³/mol. The minimum atomic E-state index is -0.784. The fourth-order valence-corrected chi connectivity index (χ4v) is 5.66. The summed E-state index contributed by atoms with van der Waals surface area (Å²) >= 11 is 6.80. The number of thioether (sulfide) groups is 1. The second kappa shape index (κ2) is 8.74. The lowest BCUT2D eigenvalue weighted by atomic mass is 9.85. The molecule has 1 N–H and O–H groups in total. The molecule has 4 rings (SSSR count). The first-order valence-corrected chi connectivity index (χ1v) is 11.3. The normalized spacial score (nSPS) is 23.2. The molecule has 0 bridgehead atoms. The zero-order valence-electron chi connectivity index (χ0n) is 16.7. The molecule has 2 fully saturated rings. The lowest BCUT2D eigenvalue weighted by Crippen LogP contribution is -2.42. The molecule has 1 saturated carbocycles. The second-order valence-corrected chi connectivity index (χ2v) is 9.52. The highest BCUT2D eigenvalue weighted by atomic mass is 32.2. The van der Waals surface area contributed by atoms with E-state index in [1.165, 1.54) is 22.9 Å². The number of carboxylic acid groups (broad SMARTS) is 1. The molecule has 2 aromatic carbocycles. The van der Waals surface area contributed by atoms with Crippen LogP contribution < -0.4 is 0 Å². The highest BCUT2D eigenvalue weighted by Gasteiger charge is 2.40. The highest BCUT2D eigenvalue weighted by molar-refractivity contribution is 8.26. The summed E-state index contributed by atoms with van der Waals surface area (Å²) in [5.74, 6) is -1.29. The molecule has 1 saturated heterocycles. The van der Waals surface area contributed by atoms with Crippen molar-refractivity contribution < 1.29 is 14.7 Å². The van der Waals surface area contributed by atoms with Crippen molar-refractivity contribution in [2.75, 3.05) is 0 Å². The molecule has 2 aromatic rings. The van der Waals surface area contributed by atoms with Crippen LogP contribution in [0.15, 0.2) is 53.4 Å². The van der Waals surface area contributed by atoms with Gasteiger partial charge >= 0.3 is 5.97 Å². The van der Waals surface area contributed by atoms with Gasteiger partial charge in [0.25, 0.3) is 5.91 Å². The van der Waals surface area contributed by atoms with Gasteiger partial charge in [-0.05, 0) is 60.6 Å². The number of nitrogens with zero attached hydrogens (tertiary/aromatic N) is 1. The number of benzene rings is 2. The van der Waals surface area contributed by atoms with Crippen LogP contribution in [0.25, 0.3) is 17.2 Å². The van der Waals surface area contributed by atoms with Gasteiger partial charge in [0.2, 0.25) is 0 Å². The fourth-order valence-electron chi connectivity index (χ4n) is 4.26. The van der Waals surface area contributed by atoms with Crippen LogP contribution in [0.3, 0.4) is 0 Å². The summed E-state index contributed by atoms with van der Waals surface area (Å²) in [5, 5.41) is 9.36. The summed E-state index contributed by atoms with van der Waals surface area (Å²) < 4.78 is 0.525. The number of hydrogen-bond acceptors (Lipinski definition) is 4. The van der Waals surface area contributed by atoms with Crippen molar-refractivity contribution in [3.05, 3.63) is 64.6 Å². The van der Waals surface area contributed by atoms with E-state index in [0.29, 0.717) is 22.1 Å². The highest BCUT2D eigenvalue weighted by Crippen LogP contribution is 2.39. The van der Waals surface area contributed by atoms with Gasteiger partial charge in [-0.15, -0.1) is 0 Å². The summed E-state index contributed by atoms with van der Waals surface area (Å²) in [5.41, 5.74) is 4.42. The van der Waals surface area contributed by atoms with Gasteiger partial charge in [0, 0.05) is 6.04 Å². The number of aryl methyl sites for hydroxylation is 1. The van der Waals surface area contributed by atoms with Crippen molar-refractivity contribution in [3.63, 3.8) is 0 Å². The molecule has 0 radical (unpaired) electrons. The van der Waals surface area contributed by atoms with Crippen LogP contribution in [0, 0.1) is 12.8 Å². The Balaban J connectivity index is 1.58. The molecule has 6 heteroatoms. The number of carbonyl (C=O) groups excluding carboxylic acids is 1. The molecule has 1 heterocycles. The SMILES string of the molecule is Cc1ccccc1-c1cccc(/C=C2/SC(=S)N(C3CCCC(C(=O)O)C3)C2=O)c1. The van der Waals surface area contributed by atoms with Crippen molar-refractivity contribution >= 4 is 46.3 Å². The number of rotatable bonds is 4. The average Bonchev–Trinajstić information content (AvgIpc) is 3.01. The summed E-state index contributed by atoms with van der Waals surface area (Å²) in [6.07, 6.45) is 4.63. The minimum Gasteiger partial charge on any atom is -0.481 e. The van der Waals surface area contributed by atoms with Gasteiger partial charge in [-0.2, -0.15) is 0 Å². The van der Waals surface area contributed by atoms with E-state index in [4.69, 9.17) is 12.2 Å². The Hall–Kier alpha value is -2.44. The minimum absolute atomic E-state index is 0.109. The third-order valence-electron chi connectivity index (χ3n) is 5.82. The lowest BCUT2D eigenvalue weighted by molar-refractivity contribution is -0.144. The molecule has 154 valence electrons. The van der Waals surface area contributed by atoms with Gasteiger partial charge in [-0.1, -0.05) is 72.9 Å². The Morgan fingerprint density at radius 3 is 2.77 bits per heavy atom. The number of hydrogen-bond donors (Lipinski definition) is 1. The first kappa shape index (κ1) is 20.8. The van der Waals surface area contributed by atoms with Crippen LogP contribution in [0.5, 0.6) is 0 Å². The molecule has 0 spiro atoms.